The van der Waals surface area contributed by atoms with Gasteiger partial charge in [0.15, 0.2) is 0 Å². The first-order valence-electron chi connectivity index (χ1n) is 7.95. The lowest BCUT2D eigenvalue weighted by atomic mass is 9.97. The normalized spacial score (nSPS) is 27.6. The van der Waals surface area contributed by atoms with Crippen LogP contribution in [-0.2, 0) is 0 Å². The van der Waals surface area contributed by atoms with Crippen LogP contribution < -0.4 is 5.32 Å². The van der Waals surface area contributed by atoms with E-state index in [0.29, 0.717) is 30.2 Å². The number of rotatable bonds is 3. The summed E-state index contributed by atoms with van der Waals surface area (Å²) in [6, 6.07) is 6.79. The van der Waals surface area contributed by atoms with Crippen molar-refractivity contribution in [2.24, 2.45) is 0 Å². The van der Waals surface area contributed by atoms with E-state index < -0.39 is 0 Å². The Balaban J connectivity index is 1.82. The number of phenolic OH excluding ortho intramolecular Hbond substituents is 1. The number of carbonyl (C=O) groups excluding carboxylic acids is 1. The van der Waals surface area contributed by atoms with Crippen LogP contribution in [0.25, 0.3) is 0 Å². The molecule has 114 valence electrons. The van der Waals surface area contributed by atoms with E-state index in [-0.39, 0.29) is 11.7 Å². The summed E-state index contributed by atoms with van der Waals surface area (Å²) in [6.07, 6.45) is 4.51. The van der Waals surface area contributed by atoms with Gasteiger partial charge in [0.25, 0.3) is 5.91 Å². The highest BCUT2D eigenvalue weighted by molar-refractivity contribution is 5.97. The lowest BCUT2D eigenvalue weighted by molar-refractivity contribution is 0.0628. The predicted molar refractivity (Wildman–Crippen MR) is 82.5 cm³/mol. The molecule has 2 fully saturated rings. The Morgan fingerprint density at radius 3 is 2.62 bits per heavy atom. The Morgan fingerprint density at radius 2 is 2.00 bits per heavy atom. The van der Waals surface area contributed by atoms with Crippen LogP contribution in [0.5, 0.6) is 5.75 Å². The van der Waals surface area contributed by atoms with E-state index in [4.69, 9.17) is 0 Å². The Morgan fingerprint density at radius 1 is 1.33 bits per heavy atom. The number of carbonyl (C=O) groups is 1. The fraction of sp³-hybridized carbons (Fsp3) is 0.588. The third-order valence-electron chi connectivity index (χ3n) is 4.96. The number of aryl methyl sites for hydroxylation is 1. The Labute approximate surface area is 126 Å². The van der Waals surface area contributed by atoms with Gasteiger partial charge in [0.2, 0.25) is 0 Å². The molecule has 4 heteroatoms. The number of fused-ring (bicyclic) bond motifs is 2. The van der Waals surface area contributed by atoms with Crippen molar-refractivity contribution in [2.45, 2.75) is 57.7 Å². The third kappa shape index (κ3) is 2.64. The average molecular weight is 288 g/mol. The standard InChI is InChI=1S/C17H24N2O2/c1-3-19(14-9-12-7-8-13(10-14)18-12)17(21)15-6-4-5-11(2)16(15)20/h4-6,12-14,18,20H,3,7-10H2,1-2H3. The molecule has 2 atom stereocenters. The summed E-state index contributed by atoms with van der Waals surface area (Å²) < 4.78 is 0. The van der Waals surface area contributed by atoms with Gasteiger partial charge in [-0.15, -0.1) is 0 Å². The zero-order valence-corrected chi connectivity index (χ0v) is 12.8. The number of benzene rings is 1. The monoisotopic (exact) mass is 288 g/mol. The van der Waals surface area contributed by atoms with Gasteiger partial charge < -0.3 is 15.3 Å². The van der Waals surface area contributed by atoms with Gasteiger partial charge in [0.05, 0.1) is 5.56 Å². The SMILES string of the molecule is CCN(C(=O)c1cccc(C)c1O)C1CC2CCC(C1)N2. The van der Waals surface area contributed by atoms with Crippen LogP contribution in [0.3, 0.4) is 0 Å². The summed E-state index contributed by atoms with van der Waals surface area (Å²) in [6.45, 7) is 4.54. The van der Waals surface area contributed by atoms with Crippen molar-refractivity contribution in [2.75, 3.05) is 6.54 Å². The maximum atomic E-state index is 12.8. The molecule has 2 bridgehead atoms. The van der Waals surface area contributed by atoms with Crippen LogP contribution in [0.4, 0.5) is 0 Å². The van der Waals surface area contributed by atoms with Crippen LogP contribution in [0.1, 0.15) is 48.5 Å². The quantitative estimate of drug-likeness (QED) is 0.898. The molecule has 0 radical (unpaired) electrons. The van der Waals surface area contributed by atoms with Crippen LogP contribution in [0.2, 0.25) is 0 Å². The third-order valence-corrected chi connectivity index (χ3v) is 4.96. The molecule has 1 amide bonds. The van der Waals surface area contributed by atoms with E-state index in [9.17, 15) is 9.90 Å². The molecule has 2 unspecified atom stereocenters. The van der Waals surface area contributed by atoms with Crippen LogP contribution in [0, 0.1) is 6.92 Å². The van der Waals surface area contributed by atoms with Crippen molar-refractivity contribution in [1.29, 1.82) is 0 Å². The number of nitrogens with one attached hydrogen (secondary N) is 1. The number of hydrogen-bond donors (Lipinski definition) is 2. The number of phenols is 1. The van der Waals surface area contributed by atoms with Gasteiger partial charge in [0.1, 0.15) is 5.75 Å². The molecule has 21 heavy (non-hydrogen) atoms. The first-order chi connectivity index (χ1) is 10.1. The van der Waals surface area contributed by atoms with E-state index in [0.717, 1.165) is 18.4 Å². The maximum absolute atomic E-state index is 12.8. The summed E-state index contributed by atoms with van der Waals surface area (Å²) in [4.78, 5) is 14.8. The predicted octanol–water partition coefficient (Wildman–Crippen LogP) is 2.45. The summed E-state index contributed by atoms with van der Waals surface area (Å²) in [5, 5.41) is 13.8. The molecule has 4 nitrogen and oxygen atoms in total. The van der Waals surface area contributed by atoms with Crippen LogP contribution in [0.15, 0.2) is 18.2 Å². The minimum absolute atomic E-state index is 0.0370. The molecule has 2 N–H and O–H groups in total. The number of para-hydroxylation sites is 1. The van der Waals surface area contributed by atoms with Gasteiger partial charge in [-0.1, -0.05) is 12.1 Å². The van der Waals surface area contributed by atoms with Gasteiger partial charge in [-0.25, -0.2) is 0 Å². The van der Waals surface area contributed by atoms with Crippen LogP contribution in [-0.4, -0.2) is 40.6 Å². The van der Waals surface area contributed by atoms with E-state index in [1.807, 2.05) is 30.9 Å². The lowest BCUT2D eigenvalue weighted by Gasteiger charge is -2.37. The maximum Gasteiger partial charge on any atom is 0.257 e. The topological polar surface area (TPSA) is 52.6 Å². The number of nitrogens with zero attached hydrogens (tertiary/aromatic N) is 1. The summed E-state index contributed by atoms with van der Waals surface area (Å²) in [5.74, 6) is 0.0860. The minimum atomic E-state index is -0.0370. The Hall–Kier alpha value is -1.55. The molecule has 0 saturated carbocycles. The zero-order chi connectivity index (χ0) is 15.0. The van der Waals surface area contributed by atoms with Crippen molar-refractivity contribution < 1.29 is 9.90 Å². The summed E-state index contributed by atoms with van der Waals surface area (Å²) in [5.41, 5.74) is 1.19. The fourth-order valence-corrected chi connectivity index (χ4v) is 3.84. The zero-order valence-electron chi connectivity index (χ0n) is 12.8. The second kappa shape index (κ2) is 5.68. The molecule has 0 spiro atoms. The van der Waals surface area contributed by atoms with Gasteiger partial charge in [-0.3, -0.25) is 4.79 Å². The smallest absolute Gasteiger partial charge is 0.257 e. The first kappa shape index (κ1) is 14.4. The second-order valence-electron chi connectivity index (χ2n) is 6.33. The molecular weight excluding hydrogens is 264 g/mol. The highest BCUT2D eigenvalue weighted by Gasteiger charge is 2.37. The van der Waals surface area contributed by atoms with Gasteiger partial charge in [-0.05, 0) is 51.2 Å². The Kier molecular flexibility index (Phi) is 3.89. The minimum Gasteiger partial charge on any atom is -0.507 e. The molecular formula is C17H24N2O2. The van der Waals surface area contributed by atoms with E-state index >= 15 is 0 Å². The molecule has 2 aliphatic heterocycles. The van der Waals surface area contributed by atoms with Crippen molar-refractivity contribution in [3.63, 3.8) is 0 Å². The fourth-order valence-electron chi connectivity index (χ4n) is 3.84. The van der Waals surface area contributed by atoms with E-state index in [1.54, 1.807) is 6.07 Å². The molecule has 0 aliphatic carbocycles. The van der Waals surface area contributed by atoms with Crippen LogP contribution >= 0.6 is 0 Å². The van der Waals surface area contributed by atoms with Gasteiger partial charge in [-0.2, -0.15) is 0 Å². The Bertz CT molecular complexity index is 532. The summed E-state index contributed by atoms with van der Waals surface area (Å²) in [7, 11) is 0. The molecule has 1 aromatic rings. The van der Waals surface area contributed by atoms with Gasteiger partial charge in [0, 0.05) is 24.7 Å². The molecule has 3 rings (SSSR count). The van der Waals surface area contributed by atoms with Crippen molar-refractivity contribution in [3.8, 4) is 5.75 Å². The molecule has 2 aliphatic rings. The summed E-state index contributed by atoms with van der Waals surface area (Å²) >= 11 is 0. The average Bonchev–Trinajstić information content (AvgIpc) is 2.81. The number of aromatic hydroxyl groups is 1. The second-order valence-corrected chi connectivity index (χ2v) is 6.33. The first-order valence-corrected chi connectivity index (χ1v) is 7.95. The molecule has 2 saturated heterocycles. The van der Waals surface area contributed by atoms with E-state index in [1.165, 1.54) is 12.8 Å². The van der Waals surface area contributed by atoms with Gasteiger partial charge >= 0.3 is 0 Å². The van der Waals surface area contributed by atoms with Crippen molar-refractivity contribution in [1.82, 2.24) is 10.2 Å². The molecule has 1 aromatic carbocycles. The largest absolute Gasteiger partial charge is 0.507 e. The van der Waals surface area contributed by atoms with E-state index in [2.05, 4.69) is 5.32 Å². The highest BCUT2D eigenvalue weighted by atomic mass is 16.3. The van der Waals surface area contributed by atoms with Crippen molar-refractivity contribution >= 4 is 5.91 Å². The molecule has 2 heterocycles. The number of piperidine rings is 1. The number of hydrogen-bond acceptors (Lipinski definition) is 3. The highest BCUT2D eigenvalue weighted by Crippen LogP contribution is 2.31. The molecule has 0 aromatic heterocycles. The number of amides is 1. The lowest BCUT2D eigenvalue weighted by Crippen LogP contribution is -2.50. The van der Waals surface area contributed by atoms with Crippen molar-refractivity contribution in [3.05, 3.63) is 29.3 Å².